The third-order valence-corrected chi connectivity index (χ3v) is 4.71. The average Bonchev–Trinajstić information content (AvgIpc) is 2.42. The number of aliphatic carboxylic acids is 2. The summed E-state index contributed by atoms with van der Waals surface area (Å²) in [7, 11) is 0. The minimum absolute atomic E-state index is 0.0750. The van der Waals surface area contributed by atoms with Gasteiger partial charge in [-0.2, -0.15) is 0 Å². The van der Waals surface area contributed by atoms with Crippen molar-refractivity contribution in [2.45, 2.75) is 57.5 Å². The molecule has 5 unspecified atom stereocenters. The molecule has 2 heterocycles. The van der Waals surface area contributed by atoms with Gasteiger partial charge in [-0.1, -0.05) is 13.8 Å². The smallest absolute Gasteiger partial charge is 0.381 e. The van der Waals surface area contributed by atoms with Crippen molar-refractivity contribution in [3.8, 4) is 0 Å². The van der Waals surface area contributed by atoms with Crippen molar-refractivity contribution in [3.05, 3.63) is 0 Å². The van der Waals surface area contributed by atoms with Gasteiger partial charge in [-0.25, -0.2) is 9.59 Å². The van der Waals surface area contributed by atoms with Gasteiger partial charge >= 0.3 is 11.9 Å². The van der Waals surface area contributed by atoms with E-state index in [9.17, 15) is 9.59 Å². The fourth-order valence-corrected chi connectivity index (χ4v) is 3.68. The summed E-state index contributed by atoms with van der Waals surface area (Å²) in [6.07, 6.45) is 0.910. The first-order chi connectivity index (χ1) is 10.2. The molecule has 1 aliphatic carbocycles. The lowest BCUT2D eigenvalue weighted by Crippen LogP contribution is -2.67. The van der Waals surface area contributed by atoms with Crippen molar-refractivity contribution in [2.24, 2.45) is 11.8 Å². The van der Waals surface area contributed by atoms with Crippen LogP contribution in [-0.2, 0) is 19.1 Å². The second-order valence-electron chi connectivity index (χ2n) is 6.69. The standard InChI is InChI=1S/C15H24O7/c1-8(2)14-9-4-10(20-6-12(16)17)15(3,22-14)11(5-9)21-7-13(18)19/h8-11,14H,4-7H2,1-3H3,(H,16,17)(H,18,19)/p+1. The Morgan fingerprint density at radius 3 is 2.55 bits per heavy atom. The van der Waals surface area contributed by atoms with E-state index in [0.29, 0.717) is 5.92 Å². The van der Waals surface area contributed by atoms with E-state index in [1.807, 2.05) is 6.92 Å². The molecule has 3 fully saturated rings. The molecule has 1 saturated carbocycles. The Morgan fingerprint density at radius 2 is 2.00 bits per heavy atom. The Morgan fingerprint density at radius 1 is 1.32 bits per heavy atom. The largest absolute Gasteiger partial charge is 0.480 e. The van der Waals surface area contributed by atoms with Crippen molar-refractivity contribution in [2.75, 3.05) is 13.2 Å². The third-order valence-electron chi connectivity index (χ3n) is 4.71. The maximum Gasteiger partial charge on any atom is 0.381 e. The molecule has 0 amide bonds. The lowest BCUT2D eigenvalue weighted by Gasteiger charge is -2.55. The van der Waals surface area contributed by atoms with Gasteiger partial charge in [0.1, 0.15) is 6.61 Å². The first-order valence-electron chi connectivity index (χ1n) is 7.63. The second kappa shape index (κ2) is 6.52. The van der Waals surface area contributed by atoms with Gasteiger partial charge in [0, 0.05) is 6.42 Å². The van der Waals surface area contributed by atoms with Gasteiger partial charge in [0.05, 0.1) is 12.2 Å². The molecule has 126 valence electrons. The maximum absolute atomic E-state index is 10.8. The number of aliphatic hydroxyl groups is 2. The van der Waals surface area contributed by atoms with Crippen LogP contribution in [-0.4, -0.2) is 64.0 Å². The third kappa shape index (κ3) is 3.42. The Balaban J connectivity index is 2.14. The highest BCUT2D eigenvalue weighted by Gasteiger charge is 2.60. The quantitative estimate of drug-likeness (QED) is 0.668. The van der Waals surface area contributed by atoms with Crippen LogP contribution in [0.5, 0.6) is 0 Å². The first-order valence-corrected chi connectivity index (χ1v) is 7.63. The van der Waals surface area contributed by atoms with E-state index in [4.69, 9.17) is 19.7 Å². The Kier molecular flexibility index (Phi) is 5.09. The summed E-state index contributed by atoms with van der Waals surface area (Å²) in [5.41, 5.74) is -0.769. The van der Waals surface area contributed by atoms with Crippen LogP contribution >= 0.6 is 0 Å². The van der Waals surface area contributed by atoms with Gasteiger partial charge in [-0.3, -0.25) is 0 Å². The molecule has 0 radical (unpaired) electrons. The fraction of sp³-hybridized carbons (Fsp3) is 0.867. The van der Waals surface area contributed by atoms with Crippen LogP contribution in [0, 0.1) is 11.8 Å². The highest BCUT2D eigenvalue weighted by atomic mass is 16.6. The molecule has 3 rings (SSSR count). The van der Waals surface area contributed by atoms with Crippen molar-refractivity contribution < 1.29 is 34.0 Å². The lowest BCUT2D eigenvalue weighted by atomic mass is 9.67. The van der Waals surface area contributed by atoms with Crippen LogP contribution in [0.4, 0.5) is 0 Å². The molecule has 7 heteroatoms. The number of carbonyl (C=O) groups is 2. The molecule has 22 heavy (non-hydrogen) atoms. The van der Waals surface area contributed by atoms with Crippen LogP contribution in [0.15, 0.2) is 0 Å². The number of fused-ring (bicyclic) bond motifs is 3. The molecular weight excluding hydrogens is 292 g/mol. The molecule has 2 bridgehead atoms. The van der Waals surface area contributed by atoms with Crippen molar-refractivity contribution >= 4 is 11.9 Å². The Labute approximate surface area is 129 Å². The highest BCUT2D eigenvalue weighted by Crippen LogP contribution is 2.48. The van der Waals surface area contributed by atoms with Gasteiger partial charge < -0.3 is 24.4 Å². The normalized spacial score (nSPS) is 37.5. The summed E-state index contributed by atoms with van der Waals surface area (Å²) in [5, 5.41) is 17.7. The molecule has 3 aliphatic rings. The van der Waals surface area contributed by atoms with Crippen molar-refractivity contribution in [1.82, 2.24) is 0 Å². The molecule has 3 N–H and O–H groups in total. The molecule has 5 atom stereocenters. The summed E-state index contributed by atoms with van der Waals surface area (Å²) in [6.45, 7) is 5.39. The SMILES string of the molecule is CC(C)C1OC2(C)C(OCC(=O)O)CC1CC2[OH+]CC(=O)O. The first kappa shape index (κ1) is 17.2. The summed E-state index contributed by atoms with van der Waals surface area (Å²) < 4.78 is 16.0. The number of ether oxygens (including phenoxy) is 3. The zero-order chi connectivity index (χ0) is 16.5. The molecule has 0 aromatic heterocycles. The van der Waals surface area contributed by atoms with Gasteiger partial charge in [0.2, 0.25) is 6.61 Å². The summed E-state index contributed by atoms with van der Waals surface area (Å²) >= 11 is 0. The molecule has 2 aliphatic heterocycles. The highest BCUT2D eigenvalue weighted by molar-refractivity contribution is 5.68. The number of carboxylic acid groups (broad SMARTS) is 2. The van der Waals surface area contributed by atoms with Crippen LogP contribution in [0.1, 0.15) is 33.6 Å². The van der Waals surface area contributed by atoms with E-state index in [1.54, 1.807) is 0 Å². The zero-order valence-corrected chi connectivity index (χ0v) is 13.2. The summed E-state index contributed by atoms with van der Waals surface area (Å²) in [5.74, 6) is -1.45. The van der Waals surface area contributed by atoms with Crippen molar-refractivity contribution in [3.63, 3.8) is 0 Å². The van der Waals surface area contributed by atoms with Gasteiger partial charge in [0.15, 0.2) is 11.7 Å². The van der Waals surface area contributed by atoms with Crippen LogP contribution < -0.4 is 0 Å². The minimum atomic E-state index is -1.02. The molecule has 7 nitrogen and oxygen atoms in total. The molecule has 2 saturated heterocycles. The second-order valence-corrected chi connectivity index (χ2v) is 6.69. The van der Waals surface area contributed by atoms with Gasteiger partial charge in [0.25, 0.3) is 0 Å². The summed E-state index contributed by atoms with van der Waals surface area (Å²) in [4.78, 5) is 21.5. The van der Waals surface area contributed by atoms with Crippen molar-refractivity contribution in [1.29, 1.82) is 0 Å². The number of rotatable bonds is 7. The van der Waals surface area contributed by atoms with Crippen LogP contribution in [0.25, 0.3) is 0 Å². The number of hydrogen-bond donors (Lipinski definition) is 2. The average molecular weight is 317 g/mol. The van der Waals surface area contributed by atoms with Crippen LogP contribution in [0.3, 0.4) is 0 Å². The van der Waals surface area contributed by atoms with Gasteiger partial charge in [-0.15, -0.1) is 0 Å². The summed E-state index contributed by atoms with van der Waals surface area (Å²) in [6, 6.07) is 0. The fourth-order valence-electron chi connectivity index (χ4n) is 3.68. The predicted molar refractivity (Wildman–Crippen MR) is 76.7 cm³/mol. The van der Waals surface area contributed by atoms with E-state index in [2.05, 4.69) is 18.6 Å². The van der Waals surface area contributed by atoms with Crippen LogP contribution in [0.2, 0.25) is 0 Å². The topological polar surface area (TPSA) is 106 Å². The van der Waals surface area contributed by atoms with E-state index < -0.39 is 17.5 Å². The Hall–Kier alpha value is -1.18. The van der Waals surface area contributed by atoms with E-state index in [1.165, 1.54) is 0 Å². The van der Waals surface area contributed by atoms with Gasteiger partial charge in [-0.05, 0) is 25.2 Å². The predicted octanol–water partition coefficient (Wildman–Crippen LogP) is 0.661. The number of hydrogen-bond acceptors (Lipinski definition) is 4. The molecule has 0 aromatic carbocycles. The lowest BCUT2D eigenvalue weighted by molar-refractivity contribution is -0.333. The van der Waals surface area contributed by atoms with E-state index >= 15 is 0 Å². The number of carboxylic acids is 2. The monoisotopic (exact) mass is 317 g/mol. The minimum Gasteiger partial charge on any atom is -0.480 e. The molecule has 0 spiro atoms. The molecule has 0 aromatic rings. The molecular formula is C15H25O7+. The zero-order valence-electron chi connectivity index (χ0n) is 13.2. The maximum atomic E-state index is 10.8. The Bertz CT molecular complexity index is 406. The van der Waals surface area contributed by atoms with E-state index in [0.717, 1.165) is 12.8 Å². The van der Waals surface area contributed by atoms with E-state index in [-0.39, 0.29) is 37.4 Å².